The van der Waals surface area contributed by atoms with Crippen LogP contribution in [0.3, 0.4) is 0 Å². The van der Waals surface area contributed by atoms with E-state index in [1.54, 1.807) is 0 Å². The van der Waals surface area contributed by atoms with Gasteiger partial charge in [-0.25, -0.2) is 4.98 Å². The van der Waals surface area contributed by atoms with E-state index >= 15 is 0 Å². The van der Waals surface area contributed by atoms with Gasteiger partial charge in [-0.15, -0.1) is 11.3 Å². The van der Waals surface area contributed by atoms with Gasteiger partial charge in [-0.2, -0.15) is 0 Å². The van der Waals surface area contributed by atoms with Crippen LogP contribution in [0.15, 0.2) is 0 Å². The van der Waals surface area contributed by atoms with E-state index in [0.29, 0.717) is 6.04 Å². The van der Waals surface area contributed by atoms with Crippen molar-refractivity contribution in [3.8, 4) is 0 Å². The number of ether oxygens (including phenoxy) is 1. The molecule has 0 aliphatic heterocycles. The third kappa shape index (κ3) is 2.53. The minimum Gasteiger partial charge on any atom is -0.371 e. The fourth-order valence-electron chi connectivity index (χ4n) is 3.69. The summed E-state index contributed by atoms with van der Waals surface area (Å²) in [5, 5.41) is 4.69. The molecule has 1 fully saturated rings. The van der Waals surface area contributed by atoms with E-state index in [4.69, 9.17) is 9.72 Å². The van der Waals surface area contributed by atoms with Gasteiger partial charge >= 0.3 is 0 Å². The molecule has 1 aromatic heterocycles. The van der Waals surface area contributed by atoms with Crippen LogP contribution in [0.5, 0.6) is 0 Å². The molecule has 3 rings (SSSR count). The Bertz CT molecular complexity index is 449. The highest BCUT2D eigenvalue weighted by atomic mass is 32.1. The van der Waals surface area contributed by atoms with Gasteiger partial charge in [-0.1, -0.05) is 25.7 Å². The molecule has 2 aliphatic carbocycles. The average molecular weight is 294 g/mol. The maximum absolute atomic E-state index is 6.02. The first-order valence-corrected chi connectivity index (χ1v) is 8.83. The van der Waals surface area contributed by atoms with Gasteiger partial charge in [-0.05, 0) is 39.2 Å². The predicted octanol–water partition coefficient (Wildman–Crippen LogP) is 3.94. The Hall–Kier alpha value is -0.450. The summed E-state index contributed by atoms with van der Waals surface area (Å²) in [6, 6.07) is 0.504. The van der Waals surface area contributed by atoms with Gasteiger partial charge < -0.3 is 10.1 Å². The lowest BCUT2D eigenvalue weighted by molar-refractivity contribution is -0.0280. The number of fused-ring (bicyclic) bond motifs is 1. The van der Waals surface area contributed by atoms with Crippen molar-refractivity contribution in [1.82, 2.24) is 10.3 Å². The van der Waals surface area contributed by atoms with E-state index in [1.165, 1.54) is 54.1 Å². The van der Waals surface area contributed by atoms with Gasteiger partial charge in [0.1, 0.15) is 10.6 Å². The topological polar surface area (TPSA) is 34.2 Å². The van der Waals surface area contributed by atoms with Gasteiger partial charge in [0.25, 0.3) is 0 Å². The van der Waals surface area contributed by atoms with Gasteiger partial charge in [-0.3, -0.25) is 0 Å². The largest absolute Gasteiger partial charge is 0.371 e. The summed E-state index contributed by atoms with van der Waals surface area (Å²) in [6.07, 6.45) is 11.1. The number of methoxy groups -OCH3 is 1. The number of hydrogen-bond acceptors (Lipinski definition) is 4. The molecule has 3 nitrogen and oxygen atoms in total. The van der Waals surface area contributed by atoms with E-state index in [2.05, 4.69) is 12.4 Å². The molecule has 0 bridgehead atoms. The number of aryl methyl sites for hydroxylation is 1. The molecule has 20 heavy (non-hydrogen) atoms. The summed E-state index contributed by atoms with van der Waals surface area (Å²) < 4.78 is 6.02. The van der Waals surface area contributed by atoms with Crippen molar-refractivity contribution < 1.29 is 4.74 Å². The number of thiazole rings is 1. The lowest BCUT2D eigenvalue weighted by Gasteiger charge is -2.29. The molecule has 4 heteroatoms. The summed E-state index contributed by atoms with van der Waals surface area (Å²) in [4.78, 5) is 6.48. The molecule has 1 heterocycles. The third-order valence-corrected chi connectivity index (χ3v) is 6.39. The van der Waals surface area contributed by atoms with Crippen molar-refractivity contribution in [2.45, 2.75) is 69.4 Å². The van der Waals surface area contributed by atoms with Crippen LogP contribution in [0.4, 0.5) is 0 Å². The Morgan fingerprint density at radius 1 is 1.20 bits per heavy atom. The summed E-state index contributed by atoms with van der Waals surface area (Å²) in [7, 11) is 3.94. The molecule has 2 aliphatic rings. The molecule has 0 radical (unpaired) electrons. The molecule has 1 N–H and O–H groups in total. The fraction of sp³-hybridized carbons (Fsp3) is 0.812. The molecule has 0 spiro atoms. The number of nitrogens with zero attached hydrogens (tertiary/aromatic N) is 1. The summed E-state index contributed by atoms with van der Waals surface area (Å²) in [5.41, 5.74) is 1.23. The Kier molecular flexibility index (Phi) is 4.43. The molecule has 1 aromatic rings. The van der Waals surface area contributed by atoms with Crippen molar-refractivity contribution in [2.24, 2.45) is 0 Å². The Labute approximate surface area is 126 Å². The van der Waals surface area contributed by atoms with E-state index in [-0.39, 0.29) is 5.60 Å². The summed E-state index contributed by atoms with van der Waals surface area (Å²) in [5.74, 6) is 0. The standard InChI is InChI=1S/C16H26N2OS/c1-17-12-8-7-9-13-14(12)20-15(18-13)16(19-2)10-5-3-4-6-11-16/h12,17H,3-11H2,1-2H3. The number of rotatable bonds is 3. The Morgan fingerprint density at radius 2 is 1.95 bits per heavy atom. The predicted molar refractivity (Wildman–Crippen MR) is 83.2 cm³/mol. The van der Waals surface area contributed by atoms with E-state index < -0.39 is 0 Å². The summed E-state index contributed by atoms with van der Waals surface area (Å²) in [6.45, 7) is 0. The molecule has 112 valence electrons. The molecule has 1 atom stereocenters. The quantitative estimate of drug-likeness (QED) is 0.858. The molecule has 0 saturated heterocycles. The monoisotopic (exact) mass is 294 g/mol. The van der Waals surface area contributed by atoms with Crippen LogP contribution in [0, 0.1) is 0 Å². The lowest BCUT2D eigenvalue weighted by Crippen LogP contribution is -2.27. The highest BCUT2D eigenvalue weighted by Gasteiger charge is 2.37. The maximum atomic E-state index is 6.02. The molecular weight excluding hydrogens is 268 g/mol. The van der Waals surface area contributed by atoms with E-state index in [0.717, 1.165) is 19.3 Å². The second-order valence-corrected chi connectivity index (χ2v) is 7.21. The van der Waals surface area contributed by atoms with Gasteiger partial charge in [0.15, 0.2) is 0 Å². The number of hydrogen-bond donors (Lipinski definition) is 1. The fourth-order valence-corrected chi connectivity index (χ4v) is 5.18. The summed E-state index contributed by atoms with van der Waals surface area (Å²) >= 11 is 1.91. The van der Waals surface area contributed by atoms with Crippen LogP contribution in [0.1, 0.15) is 73.0 Å². The van der Waals surface area contributed by atoms with Gasteiger partial charge in [0, 0.05) is 18.0 Å². The smallest absolute Gasteiger partial charge is 0.125 e. The van der Waals surface area contributed by atoms with E-state index in [9.17, 15) is 0 Å². The highest BCUT2D eigenvalue weighted by Crippen LogP contribution is 2.44. The van der Waals surface area contributed by atoms with Crippen molar-refractivity contribution in [3.05, 3.63) is 15.6 Å². The van der Waals surface area contributed by atoms with Crippen LogP contribution in [-0.4, -0.2) is 19.1 Å². The Balaban J connectivity index is 1.94. The van der Waals surface area contributed by atoms with Crippen LogP contribution < -0.4 is 5.32 Å². The molecular formula is C16H26N2OS. The number of nitrogens with one attached hydrogen (secondary N) is 1. The maximum Gasteiger partial charge on any atom is 0.125 e. The lowest BCUT2D eigenvalue weighted by atomic mass is 9.94. The zero-order valence-electron chi connectivity index (χ0n) is 12.7. The van der Waals surface area contributed by atoms with Crippen LogP contribution in [0.2, 0.25) is 0 Å². The van der Waals surface area contributed by atoms with Crippen LogP contribution in [-0.2, 0) is 16.8 Å². The molecule has 0 amide bonds. The van der Waals surface area contributed by atoms with Crippen LogP contribution >= 0.6 is 11.3 Å². The van der Waals surface area contributed by atoms with Crippen molar-refractivity contribution in [2.75, 3.05) is 14.2 Å². The van der Waals surface area contributed by atoms with Crippen molar-refractivity contribution >= 4 is 11.3 Å². The van der Waals surface area contributed by atoms with Gasteiger partial charge in [0.05, 0.1) is 5.69 Å². The third-order valence-electron chi connectivity index (χ3n) is 4.99. The molecule has 1 unspecified atom stereocenters. The van der Waals surface area contributed by atoms with E-state index in [1.807, 2.05) is 18.4 Å². The van der Waals surface area contributed by atoms with Gasteiger partial charge in [0.2, 0.25) is 0 Å². The zero-order valence-corrected chi connectivity index (χ0v) is 13.5. The zero-order chi connectivity index (χ0) is 14.0. The minimum atomic E-state index is -0.100. The minimum absolute atomic E-state index is 0.100. The van der Waals surface area contributed by atoms with Crippen molar-refractivity contribution in [3.63, 3.8) is 0 Å². The van der Waals surface area contributed by atoms with Crippen molar-refractivity contribution in [1.29, 1.82) is 0 Å². The normalized spacial score (nSPS) is 26.0. The second-order valence-electron chi connectivity index (χ2n) is 6.18. The molecule has 0 aromatic carbocycles. The molecule has 1 saturated carbocycles. The SMILES string of the molecule is CNC1CCCc2nc(C3(OC)CCCCCC3)sc21. The Morgan fingerprint density at radius 3 is 2.60 bits per heavy atom. The number of aromatic nitrogens is 1. The highest BCUT2D eigenvalue weighted by molar-refractivity contribution is 7.12. The first kappa shape index (κ1) is 14.5. The second kappa shape index (κ2) is 6.12. The first-order chi connectivity index (χ1) is 9.79. The average Bonchev–Trinajstić information content (AvgIpc) is 2.78. The van der Waals surface area contributed by atoms with Crippen LogP contribution in [0.25, 0.3) is 0 Å². The first-order valence-electron chi connectivity index (χ1n) is 8.01.